The number of anilines is 1. The van der Waals surface area contributed by atoms with Crippen molar-refractivity contribution in [2.45, 2.75) is 31.5 Å². The molecule has 0 spiro atoms. The smallest absolute Gasteiger partial charge is 0.271 e. The van der Waals surface area contributed by atoms with Crippen molar-refractivity contribution < 1.29 is 19.2 Å². The number of nitro benzene ring substituents is 1. The summed E-state index contributed by atoms with van der Waals surface area (Å²) in [6, 6.07) is 11.2. The van der Waals surface area contributed by atoms with Gasteiger partial charge in [-0.25, -0.2) is 0 Å². The summed E-state index contributed by atoms with van der Waals surface area (Å²) < 4.78 is 6.84. The number of aryl methyl sites for hydroxylation is 1. The number of nitrogens with zero attached hydrogens (tertiary/aromatic N) is 4. The number of non-ortho nitro benzene ring substituents is 1. The minimum absolute atomic E-state index is 0.0340. The number of carbonyl (C=O) groups excluding carboxylic acids is 2. The number of methoxy groups -OCH3 is 1. The van der Waals surface area contributed by atoms with Gasteiger partial charge in [-0.05, 0) is 37.1 Å². The number of thioether (sulfide) groups is 1. The van der Waals surface area contributed by atoms with E-state index in [-0.39, 0.29) is 29.7 Å². The van der Waals surface area contributed by atoms with Crippen LogP contribution in [0.3, 0.4) is 0 Å². The molecule has 1 aromatic heterocycles. The number of hydrogen-bond donors (Lipinski definition) is 2. The SMILES string of the molecule is COc1ccc(CC(=O)NC(C)c2nnc(SCC(=O)Nc3cc([N+](=O)[O-])ccc3C)n2C)cc1. The van der Waals surface area contributed by atoms with E-state index >= 15 is 0 Å². The lowest BCUT2D eigenvalue weighted by atomic mass is 10.1. The number of nitro groups is 1. The Kier molecular flexibility index (Phi) is 8.42. The lowest BCUT2D eigenvalue weighted by Crippen LogP contribution is -2.29. The molecule has 0 bridgehead atoms. The van der Waals surface area contributed by atoms with Crippen LogP contribution in [0.25, 0.3) is 0 Å². The summed E-state index contributed by atoms with van der Waals surface area (Å²) in [6.45, 7) is 3.56. The summed E-state index contributed by atoms with van der Waals surface area (Å²) in [5, 5.41) is 25.4. The summed E-state index contributed by atoms with van der Waals surface area (Å²) in [4.78, 5) is 35.3. The number of benzene rings is 2. The second-order valence-electron chi connectivity index (χ2n) is 7.81. The molecule has 0 aliphatic carbocycles. The maximum atomic E-state index is 12.5. The van der Waals surface area contributed by atoms with E-state index < -0.39 is 11.0 Å². The average molecular weight is 499 g/mol. The first-order valence-electron chi connectivity index (χ1n) is 10.7. The van der Waals surface area contributed by atoms with E-state index in [4.69, 9.17) is 4.74 Å². The standard InChI is InChI=1S/C23H26N6O5S/c1-14-5-8-17(29(32)33)12-19(14)25-21(31)13-35-23-27-26-22(28(23)3)15(2)24-20(30)11-16-6-9-18(34-4)10-7-16/h5-10,12,15H,11,13H2,1-4H3,(H,24,30)(H,25,31). The fourth-order valence-electron chi connectivity index (χ4n) is 3.29. The zero-order chi connectivity index (χ0) is 25.5. The summed E-state index contributed by atoms with van der Waals surface area (Å²) in [5.74, 6) is 0.813. The molecule has 2 amide bonds. The molecule has 11 nitrogen and oxygen atoms in total. The Morgan fingerprint density at radius 1 is 1.17 bits per heavy atom. The Balaban J connectivity index is 1.55. The Morgan fingerprint density at radius 3 is 2.54 bits per heavy atom. The van der Waals surface area contributed by atoms with Gasteiger partial charge in [-0.1, -0.05) is 30.0 Å². The highest BCUT2D eigenvalue weighted by molar-refractivity contribution is 7.99. The molecule has 2 aromatic carbocycles. The van der Waals surface area contributed by atoms with Gasteiger partial charge in [-0.15, -0.1) is 10.2 Å². The third-order valence-electron chi connectivity index (χ3n) is 5.20. The van der Waals surface area contributed by atoms with E-state index in [1.807, 2.05) is 19.1 Å². The van der Waals surface area contributed by atoms with E-state index in [0.29, 0.717) is 22.2 Å². The summed E-state index contributed by atoms with van der Waals surface area (Å²) in [5.41, 5.74) is 1.86. The van der Waals surface area contributed by atoms with Gasteiger partial charge in [0.25, 0.3) is 5.69 Å². The fraction of sp³-hybridized carbons (Fsp3) is 0.304. The van der Waals surface area contributed by atoms with E-state index in [0.717, 1.165) is 11.3 Å². The summed E-state index contributed by atoms with van der Waals surface area (Å²) >= 11 is 1.17. The van der Waals surface area contributed by atoms with Crippen molar-refractivity contribution in [3.8, 4) is 5.75 Å². The van der Waals surface area contributed by atoms with Gasteiger partial charge >= 0.3 is 0 Å². The largest absolute Gasteiger partial charge is 0.497 e. The molecule has 1 heterocycles. The zero-order valence-electron chi connectivity index (χ0n) is 19.8. The molecule has 1 unspecified atom stereocenters. The Morgan fingerprint density at radius 2 is 1.89 bits per heavy atom. The number of carbonyl (C=O) groups is 2. The molecule has 0 saturated carbocycles. The molecule has 3 rings (SSSR count). The molecule has 1 atom stereocenters. The lowest BCUT2D eigenvalue weighted by Gasteiger charge is -2.14. The van der Waals surface area contributed by atoms with Crippen molar-refractivity contribution in [2.24, 2.45) is 7.05 Å². The topological polar surface area (TPSA) is 141 Å². The van der Waals surface area contributed by atoms with Gasteiger partial charge in [0, 0.05) is 19.2 Å². The molecule has 0 radical (unpaired) electrons. The Bertz CT molecular complexity index is 1230. The molecule has 0 aliphatic heterocycles. The van der Waals surface area contributed by atoms with E-state index in [2.05, 4.69) is 20.8 Å². The van der Waals surface area contributed by atoms with Crippen LogP contribution in [0.4, 0.5) is 11.4 Å². The highest BCUT2D eigenvalue weighted by atomic mass is 32.2. The van der Waals surface area contributed by atoms with Crippen molar-refractivity contribution in [2.75, 3.05) is 18.2 Å². The minimum Gasteiger partial charge on any atom is -0.497 e. The van der Waals surface area contributed by atoms with Gasteiger partial charge in [0.05, 0.1) is 35.9 Å². The third kappa shape index (κ3) is 6.79. The van der Waals surface area contributed by atoms with Crippen molar-refractivity contribution in [1.29, 1.82) is 0 Å². The Labute approximate surface area is 206 Å². The highest BCUT2D eigenvalue weighted by Gasteiger charge is 2.19. The normalized spacial score (nSPS) is 11.5. The Hall–Kier alpha value is -3.93. The third-order valence-corrected chi connectivity index (χ3v) is 6.22. The monoisotopic (exact) mass is 498 g/mol. The predicted octanol–water partition coefficient (Wildman–Crippen LogP) is 3.19. The second-order valence-corrected chi connectivity index (χ2v) is 8.75. The average Bonchev–Trinajstić information content (AvgIpc) is 3.19. The van der Waals surface area contributed by atoms with Gasteiger partial charge in [0.2, 0.25) is 11.8 Å². The number of hydrogen-bond acceptors (Lipinski definition) is 8. The van der Waals surface area contributed by atoms with Crippen LogP contribution in [0.2, 0.25) is 0 Å². The number of aromatic nitrogens is 3. The van der Waals surface area contributed by atoms with Crippen LogP contribution in [0, 0.1) is 17.0 Å². The van der Waals surface area contributed by atoms with Crippen LogP contribution in [-0.2, 0) is 23.1 Å². The number of nitrogens with one attached hydrogen (secondary N) is 2. The molecule has 184 valence electrons. The minimum atomic E-state index is -0.512. The maximum absolute atomic E-state index is 12.5. The van der Waals surface area contributed by atoms with E-state index in [1.165, 1.54) is 23.9 Å². The van der Waals surface area contributed by atoms with Crippen molar-refractivity contribution in [1.82, 2.24) is 20.1 Å². The second kappa shape index (κ2) is 11.5. The number of rotatable bonds is 10. The van der Waals surface area contributed by atoms with Crippen molar-refractivity contribution in [3.05, 3.63) is 69.5 Å². The molecule has 0 fully saturated rings. The molecule has 35 heavy (non-hydrogen) atoms. The van der Waals surface area contributed by atoms with Crippen LogP contribution in [0.1, 0.15) is 29.9 Å². The number of ether oxygens (including phenoxy) is 1. The first-order valence-corrected chi connectivity index (χ1v) is 11.7. The molecule has 3 aromatic rings. The van der Waals surface area contributed by atoms with Gasteiger partial charge in [-0.2, -0.15) is 0 Å². The van der Waals surface area contributed by atoms with Crippen molar-refractivity contribution in [3.63, 3.8) is 0 Å². The van der Waals surface area contributed by atoms with Crippen LogP contribution >= 0.6 is 11.8 Å². The zero-order valence-corrected chi connectivity index (χ0v) is 20.6. The first-order chi connectivity index (χ1) is 16.7. The summed E-state index contributed by atoms with van der Waals surface area (Å²) in [6.07, 6.45) is 0.213. The molecule has 0 aliphatic rings. The van der Waals surface area contributed by atoms with Crippen molar-refractivity contribution >= 4 is 35.0 Å². The number of amides is 2. The predicted molar refractivity (Wildman–Crippen MR) is 131 cm³/mol. The molecule has 2 N–H and O–H groups in total. The first kappa shape index (κ1) is 25.7. The molecule has 0 saturated heterocycles. The fourth-order valence-corrected chi connectivity index (χ4v) is 4.01. The van der Waals surface area contributed by atoms with Crippen LogP contribution in [0.15, 0.2) is 47.6 Å². The summed E-state index contributed by atoms with van der Waals surface area (Å²) in [7, 11) is 3.34. The van der Waals surface area contributed by atoms with Gasteiger partial charge < -0.3 is 19.9 Å². The van der Waals surface area contributed by atoms with E-state index in [9.17, 15) is 19.7 Å². The van der Waals surface area contributed by atoms with Gasteiger partial charge in [-0.3, -0.25) is 19.7 Å². The van der Waals surface area contributed by atoms with Crippen LogP contribution < -0.4 is 15.4 Å². The molecule has 12 heteroatoms. The lowest BCUT2D eigenvalue weighted by molar-refractivity contribution is -0.384. The van der Waals surface area contributed by atoms with Gasteiger partial charge in [0.1, 0.15) is 5.75 Å². The van der Waals surface area contributed by atoms with Crippen LogP contribution in [-0.4, -0.2) is 44.4 Å². The quantitative estimate of drug-likeness (QED) is 0.247. The maximum Gasteiger partial charge on any atom is 0.271 e. The van der Waals surface area contributed by atoms with Crippen LogP contribution in [0.5, 0.6) is 5.75 Å². The molecular weight excluding hydrogens is 472 g/mol. The highest BCUT2D eigenvalue weighted by Crippen LogP contribution is 2.23. The molecular formula is C23H26N6O5S. The van der Waals surface area contributed by atoms with E-state index in [1.54, 1.807) is 43.8 Å². The van der Waals surface area contributed by atoms with Gasteiger partial charge in [0.15, 0.2) is 11.0 Å².